The lowest BCUT2D eigenvalue weighted by molar-refractivity contribution is 0.811. The minimum Gasteiger partial charge on any atom is -0.292 e. The highest BCUT2D eigenvalue weighted by Gasteiger charge is 2.23. The van der Waals surface area contributed by atoms with E-state index in [1.54, 1.807) is 17.4 Å². The third-order valence-electron chi connectivity index (χ3n) is 8.86. The number of nitrogens with zero attached hydrogens (tertiary/aromatic N) is 2. The van der Waals surface area contributed by atoms with E-state index in [1.165, 1.54) is 37.0 Å². The molecule has 0 spiro atoms. The van der Waals surface area contributed by atoms with Crippen molar-refractivity contribution in [1.29, 1.82) is 0 Å². The van der Waals surface area contributed by atoms with Gasteiger partial charge in [-0.1, -0.05) is 100 Å². The van der Waals surface area contributed by atoms with Gasteiger partial charge >= 0.3 is 0 Å². The number of rotatable bonds is 4. The van der Waals surface area contributed by atoms with Crippen molar-refractivity contribution in [3.8, 4) is 17.1 Å². The lowest BCUT2D eigenvalue weighted by Crippen LogP contribution is -2.08. The molecule has 3 heteroatoms. The van der Waals surface area contributed by atoms with Gasteiger partial charge in [-0.15, -0.1) is 11.3 Å². The van der Waals surface area contributed by atoms with Crippen LogP contribution in [-0.4, -0.2) is 9.55 Å². The maximum absolute atomic E-state index is 8.09. The van der Waals surface area contributed by atoms with Crippen molar-refractivity contribution in [3.63, 3.8) is 0 Å². The molecule has 0 fully saturated rings. The summed E-state index contributed by atoms with van der Waals surface area (Å²) in [5.74, 6) is 1.64. The summed E-state index contributed by atoms with van der Waals surface area (Å²) in [6.45, 7) is 6.90. The molecule has 2 nitrogen and oxygen atoms in total. The molecule has 0 aliphatic heterocycles. The summed E-state index contributed by atoms with van der Waals surface area (Å²) in [6.07, 6.45) is 0. The number of imidazole rings is 1. The van der Waals surface area contributed by atoms with Gasteiger partial charge in [-0.3, -0.25) is 4.57 Å². The SMILES string of the molecule is [2H]C([2H])([2H])c1cccc2c1ccc1cc3c(cc12)sc1c(-c2nc4ccccc4n2-c2c(C(C)C)cccc2C(C)C)cccc13. The van der Waals surface area contributed by atoms with Crippen LogP contribution in [0.15, 0.2) is 103 Å². The molecule has 0 aliphatic carbocycles. The molecule has 0 saturated carbocycles. The second-order valence-electron chi connectivity index (χ2n) is 12.2. The Morgan fingerprint density at radius 2 is 1.42 bits per heavy atom. The van der Waals surface area contributed by atoms with Gasteiger partial charge in [-0.25, -0.2) is 4.98 Å². The highest BCUT2D eigenvalue weighted by molar-refractivity contribution is 7.26. The largest absolute Gasteiger partial charge is 0.292 e. The maximum atomic E-state index is 8.09. The molecule has 0 radical (unpaired) electrons. The predicted octanol–water partition coefficient (Wildman–Crippen LogP) is 11.9. The first kappa shape index (κ1) is 23.0. The molecule has 0 saturated heterocycles. The number of hydrogen-bond acceptors (Lipinski definition) is 2. The Hall–Kier alpha value is -4.47. The Kier molecular flexibility index (Phi) is 5.25. The lowest BCUT2D eigenvalue weighted by atomic mass is 9.92. The third kappa shape index (κ3) is 3.95. The van der Waals surface area contributed by atoms with Gasteiger partial charge in [0, 0.05) is 29.8 Å². The van der Waals surface area contributed by atoms with Gasteiger partial charge in [-0.05, 0) is 87.3 Å². The first-order valence-corrected chi connectivity index (χ1v) is 15.9. The zero-order valence-electron chi connectivity index (χ0n) is 27.8. The Morgan fingerprint density at radius 1 is 0.674 bits per heavy atom. The van der Waals surface area contributed by atoms with E-state index in [0.717, 1.165) is 44.0 Å². The summed E-state index contributed by atoms with van der Waals surface area (Å²) in [4.78, 5) is 5.33. The predicted molar refractivity (Wildman–Crippen MR) is 187 cm³/mol. The molecule has 6 aromatic carbocycles. The molecule has 0 N–H and O–H groups in total. The van der Waals surface area contributed by atoms with Crippen LogP contribution in [0.2, 0.25) is 0 Å². The van der Waals surface area contributed by atoms with Crippen molar-refractivity contribution in [2.75, 3.05) is 0 Å². The molecule has 0 bridgehead atoms. The summed E-state index contributed by atoms with van der Waals surface area (Å²) >= 11 is 1.79. The second-order valence-corrected chi connectivity index (χ2v) is 13.2. The van der Waals surface area contributed by atoms with Crippen molar-refractivity contribution in [3.05, 3.63) is 120 Å². The van der Waals surface area contributed by atoms with E-state index in [1.807, 2.05) is 18.2 Å². The summed E-state index contributed by atoms with van der Waals surface area (Å²) < 4.78 is 29.1. The zero-order valence-corrected chi connectivity index (χ0v) is 25.6. The van der Waals surface area contributed by atoms with E-state index in [-0.39, 0.29) is 0 Å². The number of para-hydroxylation sites is 3. The molecule has 0 amide bonds. The molecular weight excluding hydrogens is 541 g/mol. The van der Waals surface area contributed by atoms with Crippen LogP contribution in [0, 0.1) is 6.85 Å². The summed E-state index contributed by atoms with van der Waals surface area (Å²) in [5, 5.41) is 6.34. The Morgan fingerprint density at radius 3 is 2.21 bits per heavy atom. The number of fused-ring (bicyclic) bond motifs is 7. The van der Waals surface area contributed by atoms with E-state index >= 15 is 0 Å². The van der Waals surface area contributed by atoms with Crippen molar-refractivity contribution < 1.29 is 4.11 Å². The second kappa shape index (κ2) is 9.79. The molecule has 0 unspecified atom stereocenters. The van der Waals surface area contributed by atoms with Crippen LogP contribution in [0.3, 0.4) is 0 Å². The molecule has 8 aromatic rings. The van der Waals surface area contributed by atoms with Gasteiger partial charge in [0.1, 0.15) is 5.82 Å². The van der Waals surface area contributed by atoms with Crippen LogP contribution in [-0.2, 0) is 0 Å². The Labute approximate surface area is 260 Å². The standard InChI is InChI=1S/C40H34N2S/c1-23(2)27-12-9-13-28(24(3)4)38(27)42-36-18-7-6-17-35(36)41-40(42)32-16-10-15-31-34-21-26-19-20-29-25(5)11-8-14-30(29)33(26)22-37(34)43-39(31)32/h6-24H,1-5H3/i5D3. The van der Waals surface area contributed by atoms with Gasteiger partial charge in [0.25, 0.3) is 0 Å². The van der Waals surface area contributed by atoms with Crippen molar-refractivity contribution >= 4 is 64.1 Å². The van der Waals surface area contributed by atoms with Gasteiger partial charge in [-0.2, -0.15) is 0 Å². The Bertz CT molecular complexity index is 2450. The van der Waals surface area contributed by atoms with E-state index < -0.39 is 6.85 Å². The molecule has 0 aliphatic rings. The number of aromatic nitrogens is 2. The topological polar surface area (TPSA) is 17.8 Å². The number of aryl methyl sites for hydroxylation is 1. The molecule has 0 atom stereocenters. The minimum atomic E-state index is -2.17. The fourth-order valence-electron chi connectivity index (χ4n) is 6.76. The maximum Gasteiger partial charge on any atom is 0.147 e. The van der Waals surface area contributed by atoms with E-state index in [4.69, 9.17) is 9.10 Å². The van der Waals surface area contributed by atoms with Crippen LogP contribution in [0.5, 0.6) is 0 Å². The normalized spacial score (nSPS) is 13.6. The number of thiophene rings is 1. The average Bonchev–Trinajstić information content (AvgIpc) is 3.60. The van der Waals surface area contributed by atoms with E-state index in [0.29, 0.717) is 17.4 Å². The third-order valence-corrected chi connectivity index (χ3v) is 10.1. The van der Waals surface area contributed by atoms with E-state index in [9.17, 15) is 0 Å². The van der Waals surface area contributed by atoms with Gasteiger partial charge in [0.2, 0.25) is 0 Å². The first-order chi connectivity index (χ1) is 22.1. The van der Waals surface area contributed by atoms with Gasteiger partial charge < -0.3 is 0 Å². The van der Waals surface area contributed by atoms with Crippen molar-refractivity contribution in [2.24, 2.45) is 0 Å². The average molecular weight is 578 g/mol. The molecule has 8 rings (SSSR count). The molecular formula is C40H34N2S. The molecule has 2 aromatic heterocycles. The van der Waals surface area contributed by atoms with Crippen LogP contribution in [0.25, 0.3) is 69.8 Å². The zero-order chi connectivity index (χ0) is 31.9. The summed E-state index contributed by atoms with van der Waals surface area (Å²) in [7, 11) is 0. The van der Waals surface area contributed by atoms with Gasteiger partial charge in [0.15, 0.2) is 0 Å². The van der Waals surface area contributed by atoms with Crippen molar-refractivity contribution in [2.45, 2.75) is 46.4 Å². The lowest BCUT2D eigenvalue weighted by Gasteiger charge is -2.22. The van der Waals surface area contributed by atoms with Crippen LogP contribution in [0.1, 0.15) is 60.3 Å². The minimum absolute atomic E-state index is 0.343. The fourth-order valence-corrected chi connectivity index (χ4v) is 8.00. The Balaban J connectivity index is 1.44. The summed E-state index contributed by atoms with van der Waals surface area (Å²) in [5.41, 5.74) is 7.45. The van der Waals surface area contributed by atoms with Crippen LogP contribution in [0.4, 0.5) is 0 Å². The molecule has 2 heterocycles. The fraction of sp³-hybridized carbons (Fsp3) is 0.175. The van der Waals surface area contributed by atoms with Crippen molar-refractivity contribution in [1.82, 2.24) is 9.55 Å². The summed E-state index contributed by atoms with van der Waals surface area (Å²) in [6, 6.07) is 35.9. The highest BCUT2D eigenvalue weighted by atomic mass is 32.1. The highest BCUT2D eigenvalue weighted by Crippen LogP contribution is 2.44. The molecule has 210 valence electrons. The molecule has 43 heavy (non-hydrogen) atoms. The number of benzene rings is 6. The first-order valence-electron chi connectivity index (χ1n) is 16.5. The van der Waals surface area contributed by atoms with Crippen LogP contribution >= 0.6 is 11.3 Å². The smallest absolute Gasteiger partial charge is 0.147 e. The van der Waals surface area contributed by atoms with Crippen LogP contribution < -0.4 is 0 Å². The number of hydrogen-bond donors (Lipinski definition) is 0. The quantitative estimate of drug-likeness (QED) is 0.190. The van der Waals surface area contributed by atoms with E-state index in [2.05, 4.69) is 111 Å². The monoisotopic (exact) mass is 577 g/mol. The van der Waals surface area contributed by atoms with Gasteiger partial charge in [0.05, 0.1) is 16.7 Å².